The zero-order valence-electron chi connectivity index (χ0n) is 11.2. The first-order valence-electron chi connectivity index (χ1n) is 6.82. The number of anilines is 1. The molecule has 0 aliphatic carbocycles. The second-order valence-corrected chi connectivity index (χ2v) is 4.70. The van der Waals surface area contributed by atoms with Crippen LogP contribution in [0.5, 0.6) is 0 Å². The van der Waals surface area contributed by atoms with E-state index in [2.05, 4.69) is 27.1 Å². The van der Waals surface area contributed by atoms with Gasteiger partial charge in [0, 0.05) is 31.6 Å². The van der Waals surface area contributed by atoms with Crippen molar-refractivity contribution in [2.75, 3.05) is 24.5 Å². The number of hydrogen-bond donors (Lipinski definition) is 2. The van der Waals surface area contributed by atoms with Gasteiger partial charge in [-0.3, -0.25) is 4.79 Å². The molecule has 1 aliphatic rings. The summed E-state index contributed by atoms with van der Waals surface area (Å²) < 4.78 is 0. The molecule has 2 heterocycles. The van der Waals surface area contributed by atoms with E-state index in [0.29, 0.717) is 6.04 Å². The third-order valence-corrected chi connectivity index (χ3v) is 3.41. The van der Waals surface area contributed by atoms with Gasteiger partial charge < -0.3 is 15.2 Å². The molecule has 5 heteroatoms. The molecule has 18 heavy (non-hydrogen) atoms. The molecule has 0 radical (unpaired) electrons. The summed E-state index contributed by atoms with van der Waals surface area (Å²) in [5, 5.41) is 3.38. The molecule has 2 rings (SSSR count). The lowest BCUT2D eigenvalue weighted by molar-refractivity contribution is 0.583. The number of rotatable bonds is 5. The van der Waals surface area contributed by atoms with E-state index in [1.807, 2.05) is 6.92 Å². The molecule has 2 N–H and O–H groups in total. The number of hydrogen-bond acceptors (Lipinski definition) is 4. The van der Waals surface area contributed by atoms with E-state index in [4.69, 9.17) is 0 Å². The summed E-state index contributed by atoms with van der Waals surface area (Å²) in [6.45, 7) is 7.05. The van der Waals surface area contributed by atoms with E-state index >= 15 is 0 Å². The van der Waals surface area contributed by atoms with Crippen LogP contribution in [-0.2, 0) is 6.42 Å². The van der Waals surface area contributed by atoms with Crippen molar-refractivity contribution in [3.8, 4) is 0 Å². The van der Waals surface area contributed by atoms with Gasteiger partial charge in [0.15, 0.2) is 0 Å². The quantitative estimate of drug-likeness (QED) is 0.815. The number of nitrogens with zero attached hydrogens (tertiary/aromatic N) is 2. The molecular formula is C13H22N4O. The van der Waals surface area contributed by atoms with Gasteiger partial charge in [-0.15, -0.1) is 0 Å². The second kappa shape index (κ2) is 6.00. The Bertz CT molecular complexity index is 443. The first-order valence-corrected chi connectivity index (χ1v) is 6.82. The molecule has 1 aliphatic heterocycles. The van der Waals surface area contributed by atoms with E-state index in [1.54, 1.807) is 6.07 Å². The first kappa shape index (κ1) is 13.1. The molecule has 1 unspecified atom stereocenters. The lowest BCUT2D eigenvalue weighted by Crippen LogP contribution is -2.39. The smallest absolute Gasteiger partial charge is 0.252 e. The monoisotopic (exact) mass is 250 g/mol. The van der Waals surface area contributed by atoms with Crippen molar-refractivity contribution in [1.82, 2.24) is 15.3 Å². The molecule has 0 amide bonds. The lowest BCUT2D eigenvalue weighted by atomic mass is 10.2. The number of H-pyrrole nitrogens is 1. The Kier molecular flexibility index (Phi) is 4.36. The second-order valence-electron chi connectivity index (χ2n) is 4.70. The standard InChI is InChI=1S/C13H22N4O/c1-3-11-15-12(8-13(18)16-11)17-7-5-6-10(17)9-14-4-2/h8,10,14H,3-7,9H2,1-2H3,(H,15,16,18). The van der Waals surface area contributed by atoms with Crippen LogP contribution in [-0.4, -0.2) is 35.6 Å². The van der Waals surface area contributed by atoms with Crippen LogP contribution in [0.25, 0.3) is 0 Å². The van der Waals surface area contributed by atoms with Gasteiger partial charge >= 0.3 is 0 Å². The number of likely N-dealkylation sites (N-methyl/N-ethyl adjacent to an activating group) is 1. The number of aryl methyl sites for hydroxylation is 1. The van der Waals surface area contributed by atoms with Crippen LogP contribution in [0.2, 0.25) is 0 Å². The van der Waals surface area contributed by atoms with Crippen LogP contribution in [0.15, 0.2) is 10.9 Å². The molecule has 5 nitrogen and oxygen atoms in total. The van der Waals surface area contributed by atoms with Crippen LogP contribution in [0.1, 0.15) is 32.5 Å². The van der Waals surface area contributed by atoms with E-state index in [0.717, 1.165) is 37.7 Å². The fourth-order valence-corrected chi connectivity index (χ4v) is 2.47. The predicted octanol–water partition coefficient (Wildman–Crippen LogP) is 0.911. The van der Waals surface area contributed by atoms with Crippen molar-refractivity contribution in [3.63, 3.8) is 0 Å². The summed E-state index contributed by atoms with van der Waals surface area (Å²) in [7, 11) is 0. The molecule has 0 aromatic carbocycles. The Balaban J connectivity index is 2.18. The number of nitrogens with one attached hydrogen (secondary N) is 2. The molecule has 0 saturated carbocycles. The maximum atomic E-state index is 11.6. The number of aromatic nitrogens is 2. The van der Waals surface area contributed by atoms with Crippen LogP contribution in [0.4, 0.5) is 5.82 Å². The highest BCUT2D eigenvalue weighted by atomic mass is 16.1. The van der Waals surface area contributed by atoms with Gasteiger partial charge in [0.25, 0.3) is 5.56 Å². The minimum Gasteiger partial charge on any atom is -0.352 e. The molecule has 1 fully saturated rings. The minimum absolute atomic E-state index is 0.0500. The molecule has 100 valence electrons. The van der Waals surface area contributed by atoms with Crippen molar-refractivity contribution in [3.05, 3.63) is 22.2 Å². The molecule has 0 spiro atoms. The molecule has 1 saturated heterocycles. The van der Waals surface area contributed by atoms with Gasteiger partial charge in [0.2, 0.25) is 0 Å². The highest BCUT2D eigenvalue weighted by molar-refractivity contribution is 5.40. The van der Waals surface area contributed by atoms with Crippen molar-refractivity contribution in [2.24, 2.45) is 0 Å². The molecule has 0 bridgehead atoms. The van der Waals surface area contributed by atoms with E-state index in [-0.39, 0.29) is 5.56 Å². The van der Waals surface area contributed by atoms with Crippen LogP contribution < -0.4 is 15.8 Å². The Labute approximate surface area is 108 Å². The fourth-order valence-electron chi connectivity index (χ4n) is 2.47. The highest BCUT2D eigenvalue weighted by Crippen LogP contribution is 2.22. The third-order valence-electron chi connectivity index (χ3n) is 3.41. The van der Waals surface area contributed by atoms with E-state index < -0.39 is 0 Å². The van der Waals surface area contributed by atoms with Gasteiger partial charge in [0.05, 0.1) is 0 Å². The van der Waals surface area contributed by atoms with Gasteiger partial charge in [-0.1, -0.05) is 13.8 Å². The Morgan fingerprint density at radius 1 is 1.56 bits per heavy atom. The zero-order chi connectivity index (χ0) is 13.0. The normalized spacial score (nSPS) is 19.4. The molecule has 1 atom stereocenters. The number of aromatic amines is 1. The topological polar surface area (TPSA) is 61.0 Å². The van der Waals surface area contributed by atoms with Crippen molar-refractivity contribution < 1.29 is 0 Å². The zero-order valence-corrected chi connectivity index (χ0v) is 11.2. The SMILES string of the molecule is CCNCC1CCCN1c1cc(=O)[nH]c(CC)n1. The first-order chi connectivity index (χ1) is 8.74. The van der Waals surface area contributed by atoms with Gasteiger partial charge in [0.1, 0.15) is 11.6 Å². The Morgan fingerprint density at radius 3 is 3.11 bits per heavy atom. The van der Waals surface area contributed by atoms with Crippen molar-refractivity contribution in [1.29, 1.82) is 0 Å². The summed E-state index contributed by atoms with van der Waals surface area (Å²) in [5.74, 6) is 1.60. The van der Waals surface area contributed by atoms with E-state index in [9.17, 15) is 4.79 Å². The molecule has 1 aromatic heterocycles. The van der Waals surface area contributed by atoms with Crippen molar-refractivity contribution >= 4 is 5.82 Å². The maximum absolute atomic E-state index is 11.6. The minimum atomic E-state index is -0.0500. The summed E-state index contributed by atoms with van der Waals surface area (Å²) in [6, 6.07) is 2.08. The fraction of sp³-hybridized carbons (Fsp3) is 0.692. The summed E-state index contributed by atoms with van der Waals surface area (Å²) in [6.07, 6.45) is 3.10. The molecular weight excluding hydrogens is 228 g/mol. The molecule has 1 aromatic rings. The van der Waals surface area contributed by atoms with Crippen LogP contribution in [0, 0.1) is 0 Å². The van der Waals surface area contributed by atoms with Gasteiger partial charge in [-0.25, -0.2) is 4.98 Å². The summed E-state index contributed by atoms with van der Waals surface area (Å²) in [4.78, 5) is 21.2. The summed E-state index contributed by atoms with van der Waals surface area (Å²) >= 11 is 0. The maximum Gasteiger partial charge on any atom is 0.252 e. The van der Waals surface area contributed by atoms with Crippen molar-refractivity contribution in [2.45, 2.75) is 39.2 Å². The Morgan fingerprint density at radius 2 is 2.39 bits per heavy atom. The Hall–Kier alpha value is -1.36. The predicted molar refractivity (Wildman–Crippen MR) is 73.1 cm³/mol. The summed E-state index contributed by atoms with van der Waals surface area (Å²) in [5.41, 5.74) is -0.0500. The third kappa shape index (κ3) is 2.90. The highest BCUT2D eigenvalue weighted by Gasteiger charge is 2.25. The largest absolute Gasteiger partial charge is 0.352 e. The van der Waals surface area contributed by atoms with Crippen LogP contribution in [0.3, 0.4) is 0 Å². The average molecular weight is 250 g/mol. The van der Waals surface area contributed by atoms with Crippen LogP contribution >= 0.6 is 0 Å². The van der Waals surface area contributed by atoms with Gasteiger partial charge in [-0.2, -0.15) is 0 Å². The lowest BCUT2D eigenvalue weighted by Gasteiger charge is -2.26. The average Bonchev–Trinajstić information content (AvgIpc) is 2.83. The van der Waals surface area contributed by atoms with Gasteiger partial charge in [-0.05, 0) is 19.4 Å². The van der Waals surface area contributed by atoms with E-state index in [1.165, 1.54) is 12.8 Å².